The number of nitro benzene ring substituents is 1. The molecular weight excluding hydrogens is 544 g/mol. The molecule has 0 spiro atoms. The summed E-state index contributed by atoms with van der Waals surface area (Å²) in [4.78, 5) is 53.2. The number of hydrogen-bond acceptors (Lipinski definition) is 6. The third-order valence-corrected chi connectivity index (χ3v) is 8.94. The lowest BCUT2D eigenvalue weighted by Crippen LogP contribution is -2.54. The predicted molar refractivity (Wildman–Crippen MR) is 159 cm³/mol. The van der Waals surface area contributed by atoms with Gasteiger partial charge in [0.15, 0.2) is 0 Å². The summed E-state index contributed by atoms with van der Waals surface area (Å²) in [6.07, 6.45) is 2.42. The second-order valence-corrected chi connectivity index (χ2v) is 11.1. The van der Waals surface area contributed by atoms with Crippen molar-refractivity contribution in [3.63, 3.8) is 0 Å². The summed E-state index contributed by atoms with van der Waals surface area (Å²) in [6, 6.07) is 30.7. The summed E-state index contributed by atoms with van der Waals surface area (Å²) in [5.41, 5.74) is 6.35. The van der Waals surface area contributed by atoms with Gasteiger partial charge in [0.2, 0.25) is 17.7 Å². The van der Waals surface area contributed by atoms with Gasteiger partial charge in [0.1, 0.15) is 0 Å². The number of imide groups is 1. The third-order valence-electron chi connectivity index (χ3n) is 8.94. The number of non-ortho nitro benzene ring substituents is 1. The van der Waals surface area contributed by atoms with Gasteiger partial charge < -0.3 is 0 Å². The Morgan fingerprint density at radius 1 is 0.860 bits per heavy atom. The highest BCUT2D eigenvalue weighted by Gasteiger charge is 2.68. The molecule has 1 heterocycles. The fraction of sp³-hybridized carbons (Fsp3) is 0.176. The first-order valence-corrected chi connectivity index (χ1v) is 14.1. The molecular formula is C34H26N4O5. The van der Waals surface area contributed by atoms with Crippen LogP contribution >= 0.6 is 0 Å². The number of carbonyl (C=O) groups is 3. The van der Waals surface area contributed by atoms with Gasteiger partial charge in [0.05, 0.1) is 27.9 Å². The quantitative estimate of drug-likeness (QED) is 0.147. The molecule has 1 aliphatic heterocycles. The summed E-state index contributed by atoms with van der Waals surface area (Å²) >= 11 is 0. The Morgan fingerprint density at radius 2 is 1.47 bits per heavy atom. The Labute approximate surface area is 247 Å². The number of amides is 3. The van der Waals surface area contributed by atoms with E-state index in [1.54, 1.807) is 6.21 Å². The minimum atomic E-state index is -1.12. The van der Waals surface area contributed by atoms with Crippen LogP contribution in [0.25, 0.3) is 0 Å². The summed E-state index contributed by atoms with van der Waals surface area (Å²) < 4.78 is 0. The van der Waals surface area contributed by atoms with Gasteiger partial charge in [-0.3, -0.25) is 24.5 Å². The van der Waals surface area contributed by atoms with Crippen molar-refractivity contribution in [3.05, 3.63) is 141 Å². The standard InChI is InChI=1S/C34H26N4O5/c39-28(19-14-21-8-2-1-3-9-21)36-35-20-34-26-12-6-4-10-24(26)29(25-11-5-7-13-27(25)34)30-31(34)33(41)37(32(30)40)22-15-17-23(18-16-22)38(42)43/h1-13,15-18,20,29-31H,14,19H2,(H,36,39)/b35-20-/t29?,30-,31+,34?/m1/s1. The third kappa shape index (κ3) is 3.99. The maximum atomic E-state index is 14.4. The topological polar surface area (TPSA) is 122 Å². The monoisotopic (exact) mass is 570 g/mol. The van der Waals surface area contributed by atoms with E-state index < -0.39 is 28.1 Å². The van der Waals surface area contributed by atoms with Crippen LogP contribution in [0.5, 0.6) is 0 Å². The number of nitro groups is 1. The lowest BCUT2D eigenvalue weighted by Gasteiger charge is -2.52. The van der Waals surface area contributed by atoms with Crippen LogP contribution in [-0.2, 0) is 26.2 Å². The Morgan fingerprint density at radius 3 is 2.09 bits per heavy atom. The minimum absolute atomic E-state index is 0.133. The second kappa shape index (κ2) is 10.1. The molecule has 9 heteroatoms. The van der Waals surface area contributed by atoms with E-state index in [9.17, 15) is 24.5 Å². The van der Waals surface area contributed by atoms with Crippen molar-refractivity contribution in [1.29, 1.82) is 0 Å². The molecule has 0 radical (unpaired) electrons. The van der Waals surface area contributed by atoms with Gasteiger partial charge in [-0.1, -0.05) is 78.9 Å². The van der Waals surface area contributed by atoms with Crippen LogP contribution in [0.1, 0.15) is 40.2 Å². The fourth-order valence-corrected chi connectivity index (χ4v) is 7.19. The first-order valence-electron chi connectivity index (χ1n) is 14.1. The van der Waals surface area contributed by atoms with Crippen LogP contribution in [0.15, 0.2) is 108 Å². The van der Waals surface area contributed by atoms with Gasteiger partial charge in [-0.15, -0.1) is 0 Å². The van der Waals surface area contributed by atoms with E-state index in [-0.39, 0.29) is 35.5 Å². The molecule has 212 valence electrons. The molecule has 1 fully saturated rings. The first kappa shape index (κ1) is 26.5. The number of benzene rings is 4. The summed E-state index contributed by atoms with van der Waals surface area (Å²) in [5.74, 6) is -2.92. The molecule has 2 bridgehead atoms. The van der Waals surface area contributed by atoms with Gasteiger partial charge >= 0.3 is 0 Å². The van der Waals surface area contributed by atoms with Crippen molar-refractivity contribution in [1.82, 2.24) is 5.43 Å². The largest absolute Gasteiger partial charge is 0.274 e. The van der Waals surface area contributed by atoms with Gasteiger partial charge in [-0.2, -0.15) is 5.10 Å². The number of aryl methyl sites for hydroxylation is 1. The highest BCUT2D eigenvalue weighted by atomic mass is 16.6. The fourth-order valence-electron chi connectivity index (χ4n) is 7.19. The molecule has 4 aliphatic rings. The molecule has 4 aromatic rings. The molecule has 8 rings (SSSR count). The summed E-state index contributed by atoms with van der Waals surface area (Å²) in [6.45, 7) is 0. The Bertz CT molecular complexity index is 1770. The summed E-state index contributed by atoms with van der Waals surface area (Å²) in [5, 5.41) is 15.7. The SMILES string of the molecule is O=C(CCc1ccccc1)N/N=C\C12c3ccccc3C(c3ccccc31)[C@H]1C(=O)N(c3ccc([N+](=O)[O-])cc3)C(=O)[C@H]12. The average molecular weight is 571 g/mol. The molecule has 1 saturated heterocycles. The predicted octanol–water partition coefficient (Wildman–Crippen LogP) is 4.88. The molecule has 9 nitrogen and oxygen atoms in total. The maximum absolute atomic E-state index is 14.4. The van der Waals surface area contributed by atoms with Crippen LogP contribution in [0.4, 0.5) is 11.4 Å². The molecule has 4 aromatic carbocycles. The van der Waals surface area contributed by atoms with Crippen LogP contribution < -0.4 is 10.3 Å². The van der Waals surface area contributed by atoms with E-state index in [4.69, 9.17) is 0 Å². The van der Waals surface area contributed by atoms with Crippen molar-refractivity contribution >= 4 is 35.3 Å². The molecule has 1 N–H and O–H groups in total. The molecule has 43 heavy (non-hydrogen) atoms. The number of rotatable bonds is 7. The number of hydrazone groups is 1. The van der Waals surface area contributed by atoms with E-state index in [1.165, 1.54) is 24.3 Å². The van der Waals surface area contributed by atoms with Crippen LogP contribution in [-0.4, -0.2) is 28.9 Å². The zero-order valence-electron chi connectivity index (χ0n) is 22.9. The van der Waals surface area contributed by atoms with E-state index in [2.05, 4.69) is 10.5 Å². The van der Waals surface area contributed by atoms with E-state index in [0.29, 0.717) is 6.42 Å². The van der Waals surface area contributed by atoms with E-state index >= 15 is 0 Å². The van der Waals surface area contributed by atoms with Crippen molar-refractivity contribution in [2.75, 3.05) is 4.90 Å². The zero-order chi connectivity index (χ0) is 29.7. The Balaban J connectivity index is 1.30. The average Bonchev–Trinajstić information content (AvgIpc) is 3.31. The van der Waals surface area contributed by atoms with Gasteiger partial charge in [-0.05, 0) is 46.4 Å². The minimum Gasteiger partial charge on any atom is -0.274 e. The lowest BCUT2D eigenvalue weighted by atomic mass is 9.47. The molecule has 3 amide bonds. The van der Waals surface area contributed by atoms with E-state index in [0.717, 1.165) is 32.7 Å². The molecule has 0 aromatic heterocycles. The van der Waals surface area contributed by atoms with E-state index in [1.807, 2.05) is 78.9 Å². The van der Waals surface area contributed by atoms with Crippen LogP contribution in [0.3, 0.4) is 0 Å². The van der Waals surface area contributed by atoms with Crippen LogP contribution in [0.2, 0.25) is 0 Å². The van der Waals surface area contributed by atoms with Crippen molar-refractivity contribution in [3.8, 4) is 0 Å². The summed E-state index contributed by atoms with van der Waals surface area (Å²) in [7, 11) is 0. The maximum Gasteiger partial charge on any atom is 0.269 e. The second-order valence-electron chi connectivity index (χ2n) is 11.1. The van der Waals surface area contributed by atoms with Gasteiger partial charge in [-0.25, -0.2) is 10.3 Å². The lowest BCUT2D eigenvalue weighted by molar-refractivity contribution is -0.384. The van der Waals surface area contributed by atoms with Gasteiger partial charge in [0, 0.05) is 30.7 Å². The van der Waals surface area contributed by atoms with Crippen molar-refractivity contribution in [2.45, 2.75) is 24.2 Å². The Hall–Kier alpha value is -5.44. The molecule has 2 atom stereocenters. The van der Waals surface area contributed by atoms with Crippen LogP contribution in [0, 0.1) is 22.0 Å². The Kier molecular flexibility index (Phi) is 6.23. The number of nitrogens with one attached hydrogen (secondary N) is 1. The molecule has 0 unspecified atom stereocenters. The smallest absolute Gasteiger partial charge is 0.269 e. The molecule has 0 saturated carbocycles. The molecule has 3 aliphatic carbocycles. The van der Waals surface area contributed by atoms with Crippen molar-refractivity contribution < 1.29 is 19.3 Å². The normalized spacial score (nSPS) is 23.2. The number of hydrogen-bond donors (Lipinski definition) is 1. The number of nitrogens with zero attached hydrogens (tertiary/aromatic N) is 3. The van der Waals surface area contributed by atoms with Crippen molar-refractivity contribution in [2.24, 2.45) is 16.9 Å². The highest BCUT2D eigenvalue weighted by molar-refractivity contribution is 6.25. The zero-order valence-corrected chi connectivity index (χ0v) is 22.9. The first-order chi connectivity index (χ1) is 20.9. The number of anilines is 1. The number of carbonyl (C=O) groups excluding carboxylic acids is 3. The van der Waals surface area contributed by atoms with Gasteiger partial charge in [0.25, 0.3) is 5.69 Å². The highest BCUT2D eigenvalue weighted by Crippen LogP contribution is 2.63.